The van der Waals surface area contributed by atoms with Crippen LogP contribution in [0.1, 0.15) is 19.4 Å². The highest BCUT2D eigenvalue weighted by molar-refractivity contribution is 9.10. The molecule has 1 unspecified atom stereocenters. The summed E-state index contributed by atoms with van der Waals surface area (Å²) in [4.78, 5) is 0. The zero-order valence-electron chi connectivity index (χ0n) is 9.13. The van der Waals surface area contributed by atoms with Crippen molar-refractivity contribution in [2.75, 3.05) is 0 Å². The first-order valence-corrected chi connectivity index (χ1v) is 5.76. The summed E-state index contributed by atoms with van der Waals surface area (Å²) in [7, 11) is 0. The Labute approximate surface area is 99.7 Å². The van der Waals surface area contributed by atoms with Crippen LogP contribution in [0.25, 0.3) is 0 Å². The van der Waals surface area contributed by atoms with Crippen molar-refractivity contribution >= 4 is 15.9 Å². The maximum atomic E-state index is 5.50. The van der Waals surface area contributed by atoms with Gasteiger partial charge in [-0.25, -0.2) is 0 Å². The van der Waals surface area contributed by atoms with E-state index in [2.05, 4.69) is 53.4 Å². The van der Waals surface area contributed by atoms with Gasteiger partial charge in [-0.2, -0.15) is 0 Å². The van der Waals surface area contributed by atoms with Gasteiger partial charge in [0, 0.05) is 10.5 Å². The number of hydrazine groups is 1. The second-order valence-corrected chi connectivity index (χ2v) is 4.77. The Morgan fingerprint density at radius 3 is 2.80 bits per heavy atom. The zero-order chi connectivity index (χ0) is 11.3. The minimum Gasteiger partial charge on any atom is -0.271 e. The van der Waals surface area contributed by atoms with Crippen molar-refractivity contribution in [3.63, 3.8) is 0 Å². The van der Waals surface area contributed by atoms with Crippen LogP contribution in [0.15, 0.2) is 40.4 Å². The highest BCUT2D eigenvalue weighted by atomic mass is 79.9. The fraction of sp³-hybridized carbons (Fsp3) is 0.333. The van der Waals surface area contributed by atoms with Gasteiger partial charge >= 0.3 is 0 Å². The number of allylic oxidation sites excluding steroid dienone is 1. The predicted octanol–water partition coefficient (Wildman–Crippen LogP) is 2.79. The second-order valence-electron chi connectivity index (χ2n) is 3.85. The minimum absolute atomic E-state index is 0.198. The van der Waals surface area contributed by atoms with E-state index in [1.165, 1.54) is 11.1 Å². The smallest absolute Gasteiger partial charge is 0.0433 e. The molecule has 15 heavy (non-hydrogen) atoms. The molecule has 0 saturated heterocycles. The summed E-state index contributed by atoms with van der Waals surface area (Å²) in [6, 6.07) is 8.48. The van der Waals surface area contributed by atoms with Crippen LogP contribution in [-0.4, -0.2) is 6.04 Å². The summed E-state index contributed by atoms with van der Waals surface area (Å²) < 4.78 is 1.10. The highest BCUT2D eigenvalue weighted by Crippen LogP contribution is 2.13. The van der Waals surface area contributed by atoms with Gasteiger partial charge in [0.05, 0.1) is 0 Å². The lowest BCUT2D eigenvalue weighted by atomic mass is 10.0. The van der Waals surface area contributed by atoms with Crippen molar-refractivity contribution < 1.29 is 0 Å². The monoisotopic (exact) mass is 268 g/mol. The van der Waals surface area contributed by atoms with Crippen LogP contribution in [0, 0.1) is 0 Å². The Balaban J connectivity index is 2.71. The van der Waals surface area contributed by atoms with Gasteiger partial charge in [-0.1, -0.05) is 39.7 Å². The van der Waals surface area contributed by atoms with Gasteiger partial charge in [-0.05, 0) is 38.0 Å². The first-order chi connectivity index (χ1) is 7.11. The number of nitrogens with one attached hydrogen (secondary N) is 1. The number of hydrogen-bond acceptors (Lipinski definition) is 2. The van der Waals surface area contributed by atoms with Crippen molar-refractivity contribution in [2.24, 2.45) is 5.84 Å². The Morgan fingerprint density at radius 1 is 1.53 bits per heavy atom. The van der Waals surface area contributed by atoms with E-state index in [1.807, 2.05) is 12.1 Å². The molecule has 1 aromatic rings. The Morgan fingerprint density at radius 2 is 2.27 bits per heavy atom. The average Bonchev–Trinajstić information content (AvgIpc) is 2.16. The van der Waals surface area contributed by atoms with Gasteiger partial charge in [0.15, 0.2) is 0 Å². The summed E-state index contributed by atoms with van der Waals surface area (Å²) >= 11 is 3.46. The molecule has 1 rings (SSSR count). The number of halogens is 1. The molecule has 0 fully saturated rings. The summed E-state index contributed by atoms with van der Waals surface area (Å²) in [5.74, 6) is 5.50. The Bertz CT molecular complexity index is 343. The Kier molecular flexibility index (Phi) is 5.02. The molecular weight excluding hydrogens is 252 g/mol. The molecule has 0 heterocycles. The van der Waals surface area contributed by atoms with E-state index in [9.17, 15) is 0 Å². The minimum atomic E-state index is 0.198. The number of hydrogen-bond donors (Lipinski definition) is 2. The first kappa shape index (κ1) is 12.4. The normalized spacial score (nSPS) is 12.3. The maximum Gasteiger partial charge on any atom is 0.0433 e. The van der Waals surface area contributed by atoms with E-state index >= 15 is 0 Å². The van der Waals surface area contributed by atoms with Crippen LogP contribution in [0.3, 0.4) is 0 Å². The van der Waals surface area contributed by atoms with Gasteiger partial charge < -0.3 is 0 Å². The van der Waals surface area contributed by atoms with E-state index < -0.39 is 0 Å². The quantitative estimate of drug-likeness (QED) is 0.501. The van der Waals surface area contributed by atoms with Gasteiger partial charge in [-0.3, -0.25) is 11.3 Å². The van der Waals surface area contributed by atoms with Crippen molar-refractivity contribution in [1.29, 1.82) is 0 Å². The number of nitrogens with two attached hydrogens (primary N) is 1. The lowest BCUT2D eigenvalue weighted by Crippen LogP contribution is -2.35. The molecule has 3 N–H and O–H groups in total. The van der Waals surface area contributed by atoms with Crippen LogP contribution in [0.2, 0.25) is 0 Å². The van der Waals surface area contributed by atoms with Crippen molar-refractivity contribution in [3.8, 4) is 0 Å². The third-order valence-corrected chi connectivity index (χ3v) is 2.59. The molecule has 3 heteroatoms. The molecule has 0 radical (unpaired) electrons. The SMILES string of the molecule is CC(C)=CC(Cc1cccc(Br)c1)NN. The fourth-order valence-electron chi connectivity index (χ4n) is 1.49. The highest BCUT2D eigenvalue weighted by Gasteiger charge is 2.04. The fourth-order valence-corrected chi connectivity index (χ4v) is 1.93. The summed E-state index contributed by atoms with van der Waals surface area (Å²) in [6.07, 6.45) is 3.04. The van der Waals surface area contributed by atoms with Crippen LogP contribution in [0.4, 0.5) is 0 Å². The second kappa shape index (κ2) is 6.05. The van der Waals surface area contributed by atoms with E-state index in [0.29, 0.717) is 0 Å². The molecule has 2 nitrogen and oxygen atoms in total. The van der Waals surface area contributed by atoms with Crippen LogP contribution >= 0.6 is 15.9 Å². The third-order valence-electron chi connectivity index (χ3n) is 2.09. The van der Waals surface area contributed by atoms with Crippen LogP contribution in [-0.2, 0) is 6.42 Å². The maximum absolute atomic E-state index is 5.50. The molecule has 1 atom stereocenters. The lowest BCUT2D eigenvalue weighted by molar-refractivity contribution is 0.613. The molecule has 0 spiro atoms. The molecule has 0 aliphatic rings. The lowest BCUT2D eigenvalue weighted by Gasteiger charge is -2.12. The summed E-state index contributed by atoms with van der Waals surface area (Å²) in [5, 5.41) is 0. The van der Waals surface area contributed by atoms with Crippen molar-refractivity contribution in [3.05, 3.63) is 46.0 Å². The van der Waals surface area contributed by atoms with Crippen molar-refractivity contribution in [2.45, 2.75) is 26.3 Å². The van der Waals surface area contributed by atoms with E-state index in [1.54, 1.807) is 0 Å². The average molecular weight is 269 g/mol. The number of benzene rings is 1. The molecule has 0 amide bonds. The molecule has 0 aliphatic carbocycles. The van der Waals surface area contributed by atoms with E-state index in [-0.39, 0.29) is 6.04 Å². The van der Waals surface area contributed by atoms with E-state index in [0.717, 1.165) is 10.9 Å². The number of rotatable bonds is 4. The van der Waals surface area contributed by atoms with Gasteiger partial charge in [-0.15, -0.1) is 0 Å². The molecule has 82 valence electrons. The first-order valence-electron chi connectivity index (χ1n) is 4.97. The van der Waals surface area contributed by atoms with Crippen LogP contribution in [0.5, 0.6) is 0 Å². The third kappa shape index (κ3) is 4.60. The van der Waals surface area contributed by atoms with Crippen LogP contribution < -0.4 is 11.3 Å². The van der Waals surface area contributed by atoms with Gasteiger partial charge in [0.1, 0.15) is 0 Å². The molecule has 0 bridgehead atoms. The van der Waals surface area contributed by atoms with E-state index in [4.69, 9.17) is 5.84 Å². The molecule has 0 aliphatic heterocycles. The van der Waals surface area contributed by atoms with Crippen molar-refractivity contribution in [1.82, 2.24) is 5.43 Å². The summed E-state index contributed by atoms with van der Waals surface area (Å²) in [6.45, 7) is 4.15. The summed E-state index contributed by atoms with van der Waals surface area (Å²) in [5.41, 5.74) is 5.35. The zero-order valence-corrected chi connectivity index (χ0v) is 10.7. The molecular formula is C12H17BrN2. The molecule has 0 aromatic heterocycles. The molecule has 1 aromatic carbocycles. The van der Waals surface area contributed by atoms with Gasteiger partial charge in [0.2, 0.25) is 0 Å². The van der Waals surface area contributed by atoms with Gasteiger partial charge in [0.25, 0.3) is 0 Å². The standard InChI is InChI=1S/C12H17BrN2/c1-9(2)6-12(15-14)8-10-4-3-5-11(13)7-10/h3-7,12,15H,8,14H2,1-2H3. The largest absolute Gasteiger partial charge is 0.271 e. The molecule has 0 saturated carbocycles. The topological polar surface area (TPSA) is 38.0 Å². The predicted molar refractivity (Wildman–Crippen MR) is 68.4 cm³/mol. The Hall–Kier alpha value is -0.640.